The first-order valence-corrected chi connectivity index (χ1v) is 17.7. The largest absolute Gasteiger partial charge is 0.460 e. The molecule has 7 heteroatoms. The van der Waals surface area contributed by atoms with Crippen LogP contribution >= 0.6 is 11.6 Å². The van der Waals surface area contributed by atoms with Crippen LogP contribution in [0, 0.1) is 13.8 Å². The third-order valence-corrected chi connectivity index (χ3v) is 10.5. The molecule has 0 radical (unpaired) electrons. The Hall–Kier alpha value is -4.42. The molecule has 262 valence electrons. The maximum Gasteiger partial charge on any atom is 0.333 e. The van der Waals surface area contributed by atoms with Crippen molar-refractivity contribution in [2.24, 2.45) is 0 Å². The van der Waals surface area contributed by atoms with Gasteiger partial charge in [-0.3, -0.25) is 0 Å². The molecule has 0 amide bonds. The van der Waals surface area contributed by atoms with Gasteiger partial charge in [-0.05, 0) is 89.3 Å². The summed E-state index contributed by atoms with van der Waals surface area (Å²) in [6.45, 7) is 25.5. The zero-order chi connectivity index (χ0) is 36.5. The van der Waals surface area contributed by atoms with Gasteiger partial charge in [0, 0.05) is 50.7 Å². The molecule has 6 nitrogen and oxygen atoms in total. The maximum absolute atomic E-state index is 12.1. The van der Waals surface area contributed by atoms with Gasteiger partial charge >= 0.3 is 11.9 Å². The first-order chi connectivity index (χ1) is 23.5. The molecule has 0 bridgehead atoms. The number of carbonyl (C=O) groups excluding carboxylic acids is 2. The van der Waals surface area contributed by atoms with Crippen molar-refractivity contribution >= 4 is 40.6 Å². The van der Waals surface area contributed by atoms with Crippen molar-refractivity contribution in [2.45, 2.75) is 79.1 Å². The van der Waals surface area contributed by atoms with Crippen molar-refractivity contribution in [3.8, 4) is 0 Å². The second-order valence-corrected chi connectivity index (χ2v) is 15.1. The van der Waals surface area contributed by atoms with Crippen molar-refractivity contribution in [2.75, 3.05) is 31.2 Å². The highest BCUT2D eigenvalue weighted by Gasteiger charge is 2.44. The van der Waals surface area contributed by atoms with E-state index >= 15 is 0 Å². The third-order valence-electron chi connectivity index (χ3n) is 10.0. The SMILES string of the molecule is C=C(C)C(=O)OCCN1C(=CC=C2CCC(C=CC3=[N+](CCOC(=O)C(=C)C)c4ccc(C)cc4C3(C)C)=C2Cl)C(C)(C)c2cc(C)ccc21. The first-order valence-electron chi connectivity index (χ1n) is 17.3. The van der Waals surface area contributed by atoms with E-state index in [1.807, 2.05) is 0 Å². The molecule has 5 rings (SSSR count). The quantitative estimate of drug-likeness (QED) is 0.133. The highest BCUT2D eigenvalue weighted by atomic mass is 35.5. The second-order valence-electron chi connectivity index (χ2n) is 14.7. The minimum Gasteiger partial charge on any atom is -0.460 e. The lowest BCUT2D eigenvalue weighted by atomic mass is 9.81. The number of aryl methyl sites for hydroxylation is 2. The monoisotopic (exact) mass is 693 g/mol. The van der Waals surface area contributed by atoms with Crippen molar-refractivity contribution in [1.82, 2.24) is 0 Å². The molecule has 0 fully saturated rings. The number of benzene rings is 2. The van der Waals surface area contributed by atoms with Crippen LogP contribution in [0.2, 0.25) is 0 Å². The molecule has 0 N–H and O–H groups in total. The fourth-order valence-electron chi connectivity index (χ4n) is 7.13. The summed E-state index contributed by atoms with van der Waals surface area (Å²) >= 11 is 7.11. The van der Waals surface area contributed by atoms with Gasteiger partial charge in [-0.15, -0.1) is 0 Å². The molecule has 2 aliphatic heterocycles. The van der Waals surface area contributed by atoms with Gasteiger partial charge in [0.1, 0.15) is 6.61 Å². The van der Waals surface area contributed by atoms with Gasteiger partial charge in [0.15, 0.2) is 18.9 Å². The zero-order valence-corrected chi connectivity index (χ0v) is 31.6. The molecule has 0 spiro atoms. The van der Waals surface area contributed by atoms with Crippen LogP contribution in [0.4, 0.5) is 11.4 Å². The molecule has 50 heavy (non-hydrogen) atoms. The summed E-state index contributed by atoms with van der Waals surface area (Å²) in [5.74, 6) is -0.757. The summed E-state index contributed by atoms with van der Waals surface area (Å²) in [7, 11) is 0. The lowest BCUT2D eigenvalue weighted by molar-refractivity contribution is -0.440. The Labute approximate surface area is 302 Å². The van der Waals surface area contributed by atoms with Crippen LogP contribution in [0.3, 0.4) is 0 Å². The topological polar surface area (TPSA) is 58.9 Å². The number of anilines is 1. The zero-order valence-electron chi connectivity index (χ0n) is 30.8. The Bertz CT molecular complexity index is 1930. The van der Waals surface area contributed by atoms with E-state index in [0.29, 0.717) is 24.2 Å². The van der Waals surface area contributed by atoms with Crippen LogP contribution < -0.4 is 4.90 Å². The highest BCUT2D eigenvalue weighted by molar-refractivity contribution is 6.33. The molecule has 0 saturated heterocycles. The van der Waals surface area contributed by atoms with Gasteiger partial charge in [-0.1, -0.05) is 80.1 Å². The van der Waals surface area contributed by atoms with Gasteiger partial charge < -0.3 is 14.4 Å². The molecule has 0 atom stereocenters. The second kappa shape index (κ2) is 14.4. The number of halogens is 1. The van der Waals surface area contributed by atoms with Crippen molar-refractivity contribution in [3.63, 3.8) is 0 Å². The Balaban J connectivity index is 1.44. The Morgan fingerprint density at radius 1 is 0.860 bits per heavy atom. The summed E-state index contributed by atoms with van der Waals surface area (Å²) in [4.78, 5) is 26.5. The first kappa shape index (κ1) is 36.9. The molecule has 1 aliphatic carbocycles. The van der Waals surface area contributed by atoms with E-state index in [1.54, 1.807) is 13.8 Å². The van der Waals surface area contributed by atoms with E-state index in [0.717, 1.165) is 51.8 Å². The molecule has 2 heterocycles. The molecular formula is C43H50ClN2O4+. The van der Waals surface area contributed by atoms with Crippen molar-refractivity contribution < 1.29 is 23.6 Å². The van der Waals surface area contributed by atoms with Crippen LogP contribution in [-0.4, -0.2) is 48.5 Å². The molecule has 3 aliphatic rings. The van der Waals surface area contributed by atoms with Gasteiger partial charge in [-0.2, -0.15) is 4.58 Å². The van der Waals surface area contributed by atoms with Crippen molar-refractivity contribution in [3.05, 3.63) is 129 Å². The lowest BCUT2D eigenvalue weighted by Gasteiger charge is -2.27. The normalized spacial score (nSPS) is 19.1. The third kappa shape index (κ3) is 7.22. The van der Waals surface area contributed by atoms with Crippen LogP contribution in [0.1, 0.15) is 76.6 Å². The van der Waals surface area contributed by atoms with E-state index in [2.05, 4.69) is 125 Å². The minimum absolute atomic E-state index is 0.255. The Kier molecular flexibility index (Phi) is 10.6. The average molecular weight is 694 g/mol. The summed E-state index contributed by atoms with van der Waals surface area (Å²) in [5, 5.41) is 0.774. The Morgan fingerprint density at radius 2 is 1.48 bits per heavy atom. The number of esters is 2. The number of fused-ring (bicyclic) bond motifs is 2. The average Bonchev–Trinajstić information content (AvgIpc) is 3.58. The molecule has 2 aromatic carbocycles. The summed E-state index contributed by atoms with van der Waals surface area (Å²) < 4.78 is 13.3. The van der Waals surface area contributed by atoms with Crippen LogP contribution in [0.15, 0.2) is 107 Å². The maximum atomic E-state index is 12.1. The lowest BCUT2D eigenvalue weighted by Crippen LogP contribution is -2.29. The molecule has 0 saturated carbocycles. The fourth-order valence-corrected chi connectivity index (χ4v) is 7.45. The van der Waals surface area contributed by atoms with Crippen LogP contribution in [0.25, 0.3) is 0 Å². The number of ether oxygens (including phenoxy) is 2. The van der Waals surface area contributed by atoms with Gasteiger partial charge in [-0.25, -0.2) is 9.59 Å². The van der Waals surface area contributed by atoms with E-state index in [9.17, 15) is 9.59 Å². The van der Waals surface area contributed by atoms with Crippen molar-refractivity contribution in [1.29, 1.82) is 0 Å². The Morgan fingerprint density at radius 3 is 2.14 bits per heavy atom. The van der Waals surface area contributed by atoms with E-state index in [1.165, 1.54) is 22.3 Å². The number of allylic oxidation sites excluding steroid dienone is 8. The van der Waals surface area contributed by atoms with Gasteiger partial charge in [0.25, 0.3) is 0 Å². The predicted octanol–water partition coefficient (Wildman–Crippen LogP) is 9.37. The smallest absolute Gasteiger partial charge is 0.333 e. The summed E-state index contributed by atoms with van der Waals surface area (Å²) in [6, 6.07) is 13.0. The number of nitrogens with zero attached hydrogens (tertiary/aromatic N) is 2. The predicted molar refractivity (Wildman–Crippen MR) is 205 cm³/mol. The molecule has 0 aromatic heterocycles. The summed E-state index contributed by atoms with van der Waals surface area (Å²) in [6.07, 6.45) is 10.3. The fraction of sp³-hybridized carbons (Fsp3) is 0.372. The summed E-state index contributed by atoms with van der Waals surface area (Å²) in [5.41, 5.74) is 11.9. The van der Waals surface area contributed by atoms with Gasteiger partial charge in [0.2, 0.25) is 5.69 Å². The van der Waals surface area contributed by atoms with Crippen LogP contribution in [0.5, 0.6) is 0 Å². The number of rotatable bonds is 11. The number of carbonyl (C=O) groups is 2. The standard InChI is InChI=1S/C43H50ClN2O4/c1-27(2)40(47)49-23-21-45-35-17-11-29(5)25-33(35)42(7,8)37(45)19-15-31-13-14-32(39(31)44)16-20-38-43(9,10)34-26-30(6)12-18-36(34)46(38)22-24-50-41(48)28(3)4/h11-12,15-20,25-26H,1,3,13-14,21-24H2,2,4-10H3/q+1. The molecule has 0 unspecified atom stereocenters. The van der Waals surface area contributed by atoms with E-state index in [4.69, 9.17) is 21.1 Å². The number of hydrogen-bond acceptors (Lipinski definition) is 5. The number of hydrogen-bond donors (Lipinski definition) is 0. The van der Waals surface area contributed by atoms with Gasteiger partial charge in [0.05, 0.1) is 12.0 Å². The van der Waals surface area contributed by atoms with Crippen LogP contribution in [-0.2, 0) is 29.9 Å². The molecular weight excluding hydrogens is 644 g/mol. The van der Waals surface area contributed by atoms with E-state index in [-0.39, 0.29) is 36.0 Å². The van der Waals surface area contributed by atoms with E-state index < -0.39 is 0 Å². The molecule has 2 aromatic rings. The highest BCUT2D eigenvalue weighted by Crippen LogP contribution is 2.48. The minimum atomic E-state index is -0.379.